The predicted molar refractivity (Wildman–Crippen MR) is 69.9 cm³/mol. The molecular weight excluding hydrogens is 298 g/mol. The Hall–Kier alpha value is -1.36. The Balaban J connectivity index is 2.04. The van der Waals surface area contributed by atoms with Crippen molar-refractivity contribution in [3.05, 3.63) is 34.3 Å². The van der Waals surface area contributed by atoms with Crippen LogP contribution in [0.1, 0.15) is 18.4 Å². The number of amides is 1. The lowest BCUT2D eigenvalue weighted by Crippen LogP contribution is -2.38. The van der Waals surface area contributed by atoms with Crippen molar-refractivity contribution >= 4 is 27.8 Å². The van der Waals surface area contributed by atoms with Gasteiger partial charge in [0, 0.05) is 18.1 Å². The van der Waals surface area contributed by atoms with E-state index in [2.05, 4.69) is 15.9 Å². The molecule has 0 aromatic heterocycles. The van der Waals surface area contributed by atoms with Crippen molar-refractivity contribution in [2.24, 2.45) is 5.41 Å². The van der Waals surface area contributed by atoms with Gasteiger partial charge < -0.3 is 10.0 Å². The van der Waals surface area contributed by atoms with E-state index < -0.39 is 11.4 Å². The van der Waals surface area contributed by atoms with Gasteiger partial charge in [0.25, 0.3) is 0 Å². The van der Waals surface area contributed by atoms with Crippen LogP contribution < -0.4 is 0 Å². The van der Waals surface area contributed by atoms with E-state index in [0.29, 0.717) is 19.4 Å². The molecule has 0 atom stereocenters. The van der Waals surface area contributed by atoms with Gasteiger partial charge in [0.1, 0.15) is 5.41 Å². The first-order valence-corrected chi connectivity index (χ1v) is 6.48. The van der Waals surface area contributed by atoms with E-state index in [1.807, 2.05) is 24.3 Å². The number of halogens is 1. The molecule has 0 radical (unpaired) electrons. The van der Waals surface area contributed by atoms with Crippen LogP contribution in [0.4, 0.5) is 0 Å². The summed E-state index contributed by atoms with van der Waals surface area (Å²) in [6.07, 6.45) is 0.900. The molecular formula is C13H14BrNO3. The van der Waals surface area contributed by atoms with E-state index in [1.165, 1.54) is 4.90 Å². The van der Waals surface area contributed by atoms with Gasteiger partial charge in [0.15, 0.2) is 0 Å². The van der Waals surface area contributed by atoms with Crippen LogP contribution in [0.25, 0.3) is 0 Å². The normalized spacial score (nSPS) is 16.1. The van der Waals surface area contributed by atoms with Gasteiger partial charge in [-0.25, -0.2) is 0 Å². The predicted octanol–water partition coefficient (Wildman–Crippen LogP) is 2.27. The molecule has 0 bridgehead atoms. The maximum atomic E-state index is 12.1. The summed E-state index contributed by atoms with van der Waals surface area (Å²) in [5, 5.41) is 9.07. The van der Waals surface area contributed by atoms with E-state index in [0.717, 1.165) is 10.0 Å². The van der Waals surface area contributed by atoms with Crippen LogP contribution in [0.2, 0.25) is 0 Å². The molecule has 1 aliphatic carbocycles. The fourth-order valence-corrected chi connectivity index (χ4v) is 2.21. The fraction of sp³-hybridized carbons (Fsp3) is 0.385. The molecule has 1 saturated carbocycles. The maximum absolute atomic E-state index is 12.1. The van der Waals surface area contributed by atoms with Crippen molar-refractivity contribution < 1.29 is 14.7 Å². The quantitative estimate of drug-likeness (QED) is 0.868. The molecule has 1 N–H and O–H groups in total. The zero-order valence-corrected chi connectivity index (χ0v) is 11.6. The Bertz CT molecular complexity index is 480. The number of aliphatic carboxylic acids is 1. The molecule has 0 unspecified atom stereocenters. The molecule has 1 fully saturated rings. The van der Waals surface area contributed by atoms with Crippen LogP contribution in [0.3, 0.4) is 0 Å². The van der Waals surface area contributed by atoms with Gasteiger partial charge in [-0.05, 0) is 30.5 Å². The van der Waals surface area contributed by atoms with Crippen LogP contribution in [0.15, 0.2) is 28.7 Å². The monoisotopic (exact) mass is 311 g/mol. The minimum Gasteiger partial charge on any atom is -0.480 e. The standard InChI is InChI=1S/C13H14BrNO3/c1-15(8-9-2-4-10(14)5-3-9)11(16)13(6-7-13)12(17)18/h2-5H,6-8H2,1H3,(H,17,18). The van der Waals surface area contributed by atoms with Gasteiger partial charge in [-0.15, -0.1) is 0 Å². The maximum Gasteiger partial charge on any atom is 0.319 e. The summed E-state index contributed by atoms with van der Waals surface area (Å²) in [5.41, 5.74) is -0.167. The number of hydrogen-bond acceptors (Lipinski definition) is 2. The minimum atomic E-state index is -1.15. The third-order valence-electron chi connectivity index (χ3n) is 3.25. The SMILES string of the molecule is CN(Cc1ccc(Br)cc1)C(=O)C1(C(=O)O)CC1. The summed E-state index contributed by atoms with van der Waals surface area (Å²) in [4.78, 5) is 24.6. The molecule has 0 spiro atoms. The number of carboxylic acids is 1. The van der Waals surface area contributed by atoms with Crippen LogP contribution in [-0.4, -0.2) is 28.9 Å². The van der Waals surface area contributed by atoms with Gasteiger partial charge in [0.05, 0.1) is 0 Å². The highest BCUT2D eigenvalue weighted by Crippen LogP contribution is 2.47. The summed E-state index contributed by atoms with van der Waals surface area (Å²) >= 11 is 3.34. The Labute approximate surface area is 114 Å². The molecule has 96 valence electrons. The number of rotatable bonds is 4. The Morgan fingerprint density at radius 1 is 1.33 bits per heavy atom. The summed E-state index contributed by atoms with van der Waals surface area (Å²) in [6.45, 7) is 0.432. The van der Waals surface area contributed by atoms with E-state index in [4.69, 9.17) is 5.11 Å². The molecule has 2 rings (SSSR count). The van der Waals surface area contributed by atoms with Gasteiger partial charge in [-0.1, -0.05) is 28.1 Å². The van der Waals surface area contributed by atoms with Crippen LogP contribution in [-0.2, 0) is 16.1 Å². The zero-order chi connectivity index (χ0) is 13.3. The minimum absolute atomic E-state index is 0.294. The molecule has 18 heavy (non-hydrogen) atoms. The molecule has 1 aliphatic rings. The Morgan fingerprint density at radius 3 is 2.33 bits per heavy atom. The molecule has 1 amide bonds. The Kier molecular flexibility index (Phi) is 3.43. The van der Waals surface area contributed by atoms with Gasteiger partial charge in [0.2, 0.25) is 5.91 Å². The van der Waals surface area contributed by atoms with Gasteiger partial charge in [-0.3, -0.25) is 9.59 Å². The molecule has 5 heteroatoms. The second-order valence-corrected chi connectivity index (χ2v) is 5.59. The van der Waals surface area contributed by atoms with Gasteiger partial charge in [-0.2, -0.15) is 0 Å². The van der Waals surface area contributed by atoms with E-state index in [-0.39, 0.29) is 5.91 Å². The van der Waals surface area contributed by atoms with Crippen LogP contribution in [0, 0.1) is 5.41 Å². The van der Waals surface area contributed by atoms with Crippen molar-refractivity contribution in [2.75, 3.05) is 7.05 Å². The molecule has 1 aromatic carbocycles. The average Bonchev–Trinajstić information content (AvgIpc) is 3.12. The number of carbonyl (C=O) groups excluding carboxylic acids is 1. The number of hydrogen-bond donors (Lipinski definition) is 1. The second kappa shape index (κ2) is 4.72. The third-order valence-corrected chi connectivity index (χ3v) is 3.78. The third kappa shape index (κ3) is 2.41. The lowest BCUT2D eigenvalue weighted by molar-refractivity contribution is -0.153. The highest BCUT2D eigenvalue weighted by molar-refractivity contribution is 9.10. The van der Waals surface area contributed by atoms with Crippen LogP contribution in [0.5, 0.6) is 0 Å². The van der Waals surface area contributed by atoms with E-state index in [1.54, 1.807) is 7.05 Å². The number of carboxylic acid groups (broad SMARTS) is 1. The lowest BCUT2D eigenvalue weighted by Gasteiger charge is -2.21. The second-order valence-electron chi connectivity index (χ2n) is 4.67. The number of carbonyl (C=O) groups is 2. The average molecular weight is 312 g/mol. The summed E-state index contributed by atoms with van der Waals surface area (Å²) in [5.74, 6) is -1.30. The topological polar surface area (TPSA) is 57.6 Å². The summed E-state index contributed by atoms with van der Waals surface area (Å²) < 4.78 is 0.976. The van der Waals surface area contributed by atoms with Crippen LogP contribution >= 0.6 is 15.9 Å². The van der Waals surface area contributed by atoms with Crippen molar-refractivity contribution in [3.63, 3.8) is 0 Å². The molecule has 0 saturated heterocycles. The number of benzene rings is 1. The lowest BCUT2D eigenvalue weighted by atomic mass is 10.1. The fourth-order valence-electron chi connectivity index (χ4n) is 1.95. The molecule has 4 nitrogen and oxygen atoms in total. The molecule has 0 aliphatic heterocycles. The van der Waals surface area contributed by atoms with E-state index in [9.17, 15) is 9.59 Å². The number of nitrogens with zero attached hydrogens (tertiary/aromatic N) is 1. The van der Waals surface area contributed by atoms with E-state index >= 15 is 0 Å². The van der Waals surface area contributed by atoms with Crippen molar-refractivity contribution in [1.29, 1.82) is 0 Å². The van der Waals surface area contributed by atoms with Gasteiger partial charge >= 0.3 is 5.97 Å². The smallest absolute Gasteiger partial charge is 0.319 e. The first-order valence-electron chi connectivity index (χ1n) is 5.69. The first-order chi connectivity index (χ1) is 8.45. The largest absolute Gasteiger partial charge is 0.480 e. The molecule has 1 aromatic rings. The highest BCUT2D eigenvalue weighted by atomic mass is 79.9. The van der Waals surface area contributed by atoms with Crippen molar-refractivity contribution in [1.82, 2.24) is 4.90 Å². The summed E-state index contributed by atoms with van der Waals surface area (Å²) in [7, 11) is 1.65. The molecule has 0 heterocycles. The summed E-state index contributed by atoms with van der Waals surface area (Å²) in [6, 6.07) is 7.62. The first kappa shape index (κ1) is 13.1. The van der Waals surface area contributed by atoms with Crippen molar-refractivity contribution in [3.8, 4) is 0 Å². The highest BCUT2D eigenvalue weighted by Gasteiger charge is 2.58. The Morgan fingerprint density at radius 2 is 1.89 bits per heavy atom. The van der Waals surface area contributed by atoms with Crippen molar-refractivity contribution in [2.45, 2.75) is 19.4 Å². The zero-order valence-electron chi connectivity index (χ0n) is 10.0.